The third-order valence-electron chi connectivity index (χ3n) is 2.81. The Labute approximate surface area is 115 Å². The number of nitrogen functional groups attached to an aromatic ring is 1. The van der Waals surface area contributed by atoms with E-state index in [0.717, 1.165) is 0 Å². The zero-order valence-corrected chi connectivity index (χ0v) is 10.7. The average molecular weight is 270 g/mol. The van der Waals surface area contributed by atoms with Gasteiger partial charge < -0.3 is 10.6 Å². The molecule has 1 aromatic carbocycles. The van der Waals surface area contributed by atoms with Gasteiger partial charge in [0, 0.05) is 18.9 Å². The van der Waals surface area contributed by atoms with Crippen LogP contribution < -0.4 is 10.6 Å². The lowest BCUT2D eigenvalue weighted by Crippen LogP contribution is -2.27. The Morgan fingerprint density at radius 2 is 2.20 bits per heavy atom. The molecule has 0 aliphatic carbocycles. The highest BCUT2D eigenvalue weighted by Gasteiger charge is 2.19. The van der Waals surface area contributed by atoms with E-state index in [1.54, 1.807) is 24.3 Å². The van der Waals surface area contributed by atoms with Gasteiger partial charge in [-0.1, -0.05) is 6.07 Å². The molecule has 0 spiro atoms. The molecule has 2 rings (SSSR count). The van der Waals surface area contributed by atoms with Crippen LogP contribution in [0.4, 0.5) is 15.9 Å². The minimum Gasteiger partial charge on any atom is -0.381 e. The lowest BCUT2D eigenvalue weighted by Gasteiger charge is -2.18. The summed E-state index contributed by atoms with van der Waals surface area (Å²) in [5, 5.41) is 8.84. The Morgan fingerprint density at radius 1 is 1.45 bits per heavy atom. The number of nitriles is 1. The predicted molar refractivity (Wildman–Crippen MR) is 72.5 cm³/mol. The van der Waals surface area contributed by atoms with E-state index in [1.165, 1.54) is 24.2 Å². The summed E-state index contributed by atoms with van der Waals surface area (Å²) >= 11 is 0. The summed E-state index contributed by atoms with van der Waals surface area (Å²) < 4.78 is 13.8. The molecule has 0 fully saturated rings. The highest BCUT2D eigenvalue weighted by Crippen LogP contribution is 2.19. The van der Waals surface area contributed by atoms with E-state index in [4.69, 9.17) is 11.0 Å². The fourth-order valence-corrected chi connectivity index (χ4v) is 1.71. The minimum atomic E-state index is -0.846. The minimum absolute atomic E-state index is 0.164. The SMILES string of the molecule is CN(C(=O)c1ccnc(N)c1F)c1cccc(C#N)c1. The Kier molecular flexibility index (Phi) is 3.62. The molecule has 0 saturated carbocycles. The van der Waals surface area contributed by atoms with E-state index in [0.29, 0.717) is 11.3 Å². The van der Waals surface area contributed by atoms with E-state index < -0.39 is 11.7 Å². The number of hydrogen-bond acceptors (Lipinski definition) is 4. The Hall–Kier alpha value is -2.94. The Balaban J connectivity index is 2.38. The summed E-state index contributed by atoms with van der Waals surface area (Å²) in [7, 11) is 1.49. The maximum absolute atomic E-state index is 13.8. The number of carbonyl (C=O) groups is 1. The molecule has 0 atom stereocenters. The number of halogens is 1. The lowest BCUT2D eigenvalue weighted by molar-refractivity contribution is 0.0989. The van der Waals surface area contributed by atoms with Crippen molar-refractivity contribution in [1.82, 2.24) is 4.98 Å². The van der Waals surface area contributed by atoms with E-state index in [1.807, 2.05) is 6.07 Å². The summed E-state index contributed by atoms with van der Waals surface area (Å²) in [6.07, 6.45) is 1.27. The Bertz CT molecular complexity index is 709. The van der Waals surface area contributed by atoms with Gasteiger partial charge in [-0.25, -0.2) is 9.37 Å². The van der Waals surface area contributed by atoms with E-state index >= 15 is 0 Å². The van der Waals surface area contributed by atoms with E-state index in [2.05, 4.69) is 4.98 Å². The number of aromatic nitrogens is 1. The molecular weight excluding hydrogens is 259 g/mol. The zero-order valence-electron chi connectivity index (χ0n) is 10.7. The molecular formula is C14H11FN4O. The second kappa shape index (κ2) is 5.36. The number of carbonyl (C=O) groups excluding carboxylic acids is 1. The number of nitrogens with two attached hydrogens (primary N) is 1. The van der Waals surface area contributed by atoms with Crippen molar-refractivity contribution in [2.75, 3.05) is 17.7 Å². The summed E-state index contributed by atoms with van der Waals surface area (Å²) in [4.78, 5) is 17.1. The third kappa shape index (κ3) is 2.42. The van der Waals surface area contributed by atoms with Crippen LogP contribution in [0.25, 0.3) is 0 Å². The number of rotatable bonds is 2. The number of nitrogens with zero attached hydrogens (tertiary/aromatic N) is 3. The standard InChI is InChI=1S/C14H11FN4O/c1-19(10-4-2-3-9(7-10)8-16)14(20)11-5-6-18-13(17)12(11)15/h2-7H,1H3,(H2,17,18). The fourth-order valence-electron chi connectivity index (χ4n) is 1.71. The molecule has 0 bridgehead atoms. The quantitative estimate of drug-likeness (QED) is 0.904. The molecule has 1 amide bonds. The van der Waals surface area contributed by atoms with Gasteiger partial charge in [0.05, 0.1) is 17.2 Å². The molecule has 2 N–H and O–H groups in total. The molecule has 0 saturated heterocycles. The first kappa shape index (κ1) is 13.5. The molecule has 1 aromatic heterocycles. The van der Waals surface area contributed by atoms with Crippen LogP contribution in [-0.2, 0) is 0 Å². The number of pyridine rings is 1. The van der Waals surface area contributed by atoms with Crippen LogP contribution in [0.1, 0.15) is 15.9 Å². The number of hydrogen-bond donors (Lipinski definition) is 1. The van der Waals surface area contributed by atoms with Gasteiger partial charge in [0.15, 0.2) is 11.6 Å². The Morgan fingerprint density at radius 3 is 2.90 bits per heavy atom. The van der Waals surface area contributed by atoms with Gasteiger partial charge in [0.1, 0.15) is 0 Å². The summed E-state index contributed by atoms with van der Waals surface area (Å²) in [5.41, 5.74) is 6.08. The number of amides is 1. The van der Waals surface area contributed by atoms with Crippen molar-refractivity contribution in [3.8, 4) is 6.07 Å². The van der Waals surface area contributed by atoms with Crippen molar-refractivity contribution in [2.24, 2.45) is 0 Å². The monoisotopic (exact) mass is 270 g/mol. The van der Waals surface area contributed by atoms with Crippen LogP contribution in [-0.4, -0.2) is 17.9 Å². The van der Waals surface area contributed by atoms with Crippen molar-refractivity contribution in [3.63, 3.8) is 0 Å². The van der Waals surface area contributed by atoms with Crippen LogP contribution >= 0.6 is 0 Å². The summed E-state index contributed by atoms with van der Waals surface area (Å²) in [5.74, 6) is -1.73. The second-order valence-electron chi connectivity index (χ2n) is 4.08. The van der Waals surface area contributed by atoms with Crippen LogP contribution in [0, 0.1) is 17.1 Å². The largest absolute Gasteiger partial charge is 0.381 e. The molecule has 2 aromatic rings. The van der Waals surface area contributed by atoms with Gasteiger partial charge in [-0.3, -0.25) is 4.79 Å². The van der Waals surface area contributed by atoms with Gasteiger partial charge >= 0.3 is 0 Å². The van der Waals surface area contributed by atoms with E-state index in [-0.39, 0.29) is 11.4 Å². The zero-order chi connectivity index (χ0) is 14.7. The molecule has 0 aliphatic heterocycles. The molecule has 0 unspecified atom stereocenters. The summed E-state index contributed by atoms with van der Waals surface area (Å²) in [6, 6.07) is 9.70. The maximum Gasteiger partial charge on any atom is 0.261 e. The first-order chi connectivity index (χ1) is 9.54. The second-order valence-corrected chi connectivity index (χ2v) is 4.08. The molecule has 0 radical (unpaired) electrons. The van der Waals surface area contributed by atoms with Crippen molar-refractivity contribution < 1.29 is 9.18 Å². The smallest absolute Gasteiger partial charge is 0.261 e. The average Bonchev–Trinajstić information content (AvgIpc) is 2.48. The van der Waals surface area contributed by atoms with E-state index in [9.17, 15) is 9.18 Å². The van der Waals surface area contributed by atoms with Crippen LogP contribution in [0.3, 0.4) is 0 Å². The molecule has 5 nitrogen and oxygen atoms in total. The number of benzene rings is 1. The van der Waals surface area contributed by atoms with Crippen LogP contribution in [0.5, 0.6) is 0 Å². The molecule has 100 valence electrons. The highest BCUT2D eigenvalue weighted by atomic mass is 19.1. The third-order valence-corrected chi connectivity index (χ3v) is 2.81. The predicted octanol–water partition coefficient (Wildman–Crippen LogP) is 1.95. The van der Waals surface area contributed by atoms with Crippen molar-refractivity contribution >= 4 is 17.4 Å². The van der Waals surface area contributed by atoms with Gasteiger partial charge in [-0.15, -0.1) is 0 Å². The normalized spacial score (nSPS) is 9.85. The lowest BCUT2D eigenvalue weighted by atomic mass is 10.1. The van der Waals surface area contributed by atoms with Crippen LogP contribution in [0.2, 0.25) is 0 Å². The molecule has 1 heterocycles. The maximum atomic E-state index is 13.8. The first-order valence-corrected chi connectivity index (χ1v) is 5.72. The van der Waals surface area contributed by atoms with Crippen molar-refractivity contribution in [1.29, 1.82) is 5.26 Å². The van der Waals surface area contributed by atoms with Gasteiger partial charge in [0.2, 0.25) is 0 Å². The molecule has 0 aliphatic rings. The summed E-state index contributed by atoms with van der Waals surface area (Å²) in [6.45, 7) is 0. The number of anilines is 2. The fraction of sp³-hybridized carbons (Fsp3) is 0.0714. The van der Waals surface area contributed by atoms with Gasteiger partial charge in [-0.05, 0) is 24.3 Å². The first-order valence-electron chi connectivity index (χ1n) is 5.72. The van der Waals surface area contributed by atoms with Crippen LogP contribution in [0.15, 0.2) is 36.5 Å². The highest BCUT2D eigenvalue weighted by molar-refractivity contribution is 6.06. The molecule has 6 heteroatoms. The van der Waals surface area contributed by atoms with Crippen molar-refractivity contribution in [3.05, 3.63) is 53.5 Å². The topological polar surface area (TPSA) is 83.0 Å². The molecule has 20 heavy (non-hydrogen) atoms. The van der Waals surface area contributed by atoms with Gasteiger partial charge in [0.25, 0.3) is 5.91 Å². The van der Waals surface area contributed by atoms with Gasteiger partial charge in [-0.2, -0.15) is 5.26 Å². The van der Waals surface area contributed by atoms with Crippen molar-refractivity contribution in [2.45, 2.75) is 0 Å².